The van der Waals surface area contributed by atoms with E-state index in [0.717, 1.165) is 22.1 Å². The zero-order valence-corrected chi connectivity index (χ0v) is 20.5. The number of hydrogen-bond acceptors (Lipinski definition) is 3. The Kier molecular flexibility index (Phi) is 4.52. The van der Waals surface area contributed by atoms with Crippen LogP contribution in [0.5, 0.6) is 0 Å². The first-order chi connectivity index (χ1) is 18.8. The molecule has 8 rings (SSSR count). The van der Waals surface area contributed by atoms with E-state index in [1.165, 1.54) is 37.7 Å². The van der Waals surface area contributed by atoms with Gasteiger partial charge in [-0.25, -0.2) is 15.0 Å². The Hall–Kier alpha value is -5.15. The lowest BCUT2D eigenvalue weighted by atomic mass is 9.88. The van der Waals surface area contributed by atoms with Crippen molar-refractivity contribution < 1.29 is 0 Å². The van der Waals surface area contributed by atoms with Crippen molar-refractivity contribution in [3.8, 4) is 34.2 Å². The molecule has 176 valence electrons. The van der Waals surface area contributed by atoms with E-state index >= 15 is 0 Å². The van der Waals surface area contributed by atoms with Crippen LogP contribution < -0.4 is 0 Å². The molecule has 0 aliphatic carbocycles. The van der Waals surface area contributed by atoms with Crippen molar-refractivity contribution in [2.45, 2.75) is 0 Å². The van der Waals surface area contributed by atoms with Crippen LogP contribution in [-0.4, -0.2) is 15.0 Å². The Labute approximate surface area is 219 Å². The standard InChI is InChI=1S/C35H21N3/c1-3-10-23(11-4-1)33-36-34(24-12-5-2-6-13-24)38-35(37-33)30-21-20-29-26-17-8-15-22-14-7-16-25(31(22)26)27-18-9-19-28(30)32(27)29/h1-21H. The molecule has 38 heavy (non-hydrogen) atoms. The maximum atomic E-state index is 5.01. The van der Waals surface area contributed by atoms with E-state index in [0.29, 0.717) is 17.5 Å². The molecule has 0 radical (unpaired) electrons. The maximum absolute atomic E-state index is 5.01. The molecular formula is C35H21N3. The highest BCUT2D eigenvalue weighted by Gasteiger charge is 2.18. The zero-order chi connectivity index (χ0) is 25.1. The molecule has 0 N–H and O–H groups in total. The molecule has 0 spiro atoms. The van der Waals surface area contributed by atoms with Gasteiger partial charge in [-0.15, -0.1) is 0 Å². The molecule has 1 aromatic heterocycles. The van der Waals surface area contributed by atoms with Gasteiger partial charge in [0.1, 0.15) is 0 Å². The van der Waals surface area contributed by atoms with Crippen molar-refractivity contribution in [1.82, 2.24) is 15.0 Å². The molecule has 1 heterocycles. The van der Waals surface area contributed by atoms with E-state index < -0.39 is 0 Å². The minimum atomic E-state index is 0.671. The van der Waals surface area contributed by atoms with Crippen LogP contribution in [0, 0.1) is 0 Å². The quantitative estimate of drug-likeness (QED) is 0.186. The van der Waals surface area contributed by atoms with Gasteiger partial charge in [0.2, 0.25) is 0 Å². The Bertz CT molecular complexity index is 2010. The average molecular weight is 484 g/mol. The van der Waals surface area contributed by atoms with E-state index in [1.54, 1.807) is 0 Å². The fourth-order valence-electron chi connectivity index (χ4n) is 5.77. The topological polar surface area (TPSA) is 38.7 Å². The summed E-state index contributed by atoms with van der Waals surface area (Å²) in [5.41, 5.74) is 2.95. The van der Waals surface area contributed by atoms with Crippen LogP contribution in [0.15, 0.2) is 127 Å². The van der Waals surface area contributed by atoms with E-state index in [1.807, 2.05) is 60.7 Å². The second kappa shape index (κ2) is 8.19. The van der Waals surface area contributed by atoms with Crippen molar-refractivity contribution in [2.75, 3.05) is 0 Å². The van der Waals surface area contributed by atoms with Crippen molar-refractivity contribution in [1.29, 1.82) is 0 Å². The molecule has 0 aliphatic rings. The first kappa shape index (κ1) is 21.0. The first-order valence-corrected chi connectivity index (χ1v) is 12.8. The molecule has 0 saturated carbocycles. The van der Waals surface area contributed by atoms with E-state index in [9.17, 15) is 0 Å². The van der Waals surface area contributed by atoms with Gasteiger partial charge >= 0.3 is 0 Å². The van der Waals surface area contributed by atoms with E-state index in [4.69, 9.17) is 15.0 Å². The number of hydrogen-bond donors (Lipinski definition) is 0. The molecule has 0 fully saturated rings. The normalized spacial score (nSPS) is 11.7. The Morgan fingerprint density at radius 3 is 1.39 bits per heavy atom. The molecule has 0 atom stereocenters. The monoisotopic (exact) mass is 483 g/mol. The van der Waals surface area contributed by atoms with Gasteiger partial charge in [-0.3, -0.25) is 0 Å². The summed E-state index contributed by atoms with van der Waals surface area (Å²) in [4.78, 5) is 14.9. The minimum absolute atomic E-state index is 0.671. The number of rotatable bonds is 3. The second-order valence-electron chi connectivity index (χ2n) is 9.64. The molecular weight excluding hydrogens is 462 g/mol. The number of benzene rings is 7. The summed E-state index contributed by atoms with van der Waals surface area (Å²) in [6.45, 7) is 0. The predicted octanol–water partition coefficient (Wildman–Crippen LogP) is 8.92. The van der Waals surface area contributed by atoms with E-state index in [-0.39, 0.29) is 0 Å². The summed E-state index contributed by atoms with van der Waals surface area (Å²) in [6.07, 6.45) is 0. The van der Waals surface area contributed by atoms with Crippen LogP contribution >= 0.6 is 0 Å². The van der Waals surface area contributed by atoms with Crippen LogP contribution in [0.4, 0.5) is 0 Å². The molecule has 3 heteroatoms. The highest BCUT2D eigenvalue weighted by atomic mass is 15.0. The number of aromatic nitrogens is 3. The molecule has 0 bridgehead atoms. The lowest BCUT2D eigenvalue weighted by Gasteiger charge is -2.16. The highest BCUT2D eigenvalue weighted by molar-refractivity contribution is 6.33. The minimum Gasteiger partial charge on any atom is -0.208 e. The molecule has 0 unspecified atom stereocenters. The zero-order valence-electron chi connectivity index (χ0n) is 20.5. The summed E-state index contributed by atoms with van der Waals surface area (Å²) >= 11 is 0. The van der Waals surface area contributed by atoms with Crippen molar-refractivity contribution in [3.05, 3.63) is 127 Å². The van der Waals surface area contributed by atoms with Gasteiger partial charge < -0.3 is 0 Å². The third-order valence-electron chi connectivity index (χ3n) is 7.47. The van der Waals surface area contributed by atoms with E-state index in [2.05, 4.69) is 66.7 Å². The van der Waals surface area contributed by atoms with Crippen molar-refractivity contribution in [3.63, 3.8) is 0 Å². The number of fused-ring (bicyclic) bond motifs is 2. The van der Waals surface area contributed by atoms with Gasteiger partial charge in [0.05, 0.1) is 0 Å². The summed E-state index contributed by atoms with van der Waals surface area (Å²) < 4.78 is 0. The molecule has 0 aliphatic heterocycles. The summed E-state index contributed by atoms with van der Waals surface area (Å²) in [6, 6.07) is 44.4. The lowest BCUT2D eigenvalue weighted by Crippen LogP contribution is -2.00. The molecule has 7 aromatic carbocycles. The third-order valence-corrected chi connectivity index (χ3v) is 7.47. The Morgan fingerprint density at radius 2 is 0.789 bits per heavy atom. The average Bonchev–Trinajstić information content (AvgIpc) is 3.00. The summed E-state index contributed by atoms with van der Waals surface area (Å²) in [5.74, 6) is 2.02. The van der Waals surface area contributed by atoms with Gasteiger partial charge in [-0.2, -0.15) is 0 Å². The molecule has 0 amide bonds. The van der Waals surface area contributed by atoms with Crippen LogP contribution in [-0.2, 0) is 0 Å². The van der Waals surface area contributed by atoms with Crippen molar-refractivity contribution in [2.24, 2.45) is 0 Å². The highest BCUT2D eigenvalue weighted by Crippen LogP contribution is 2.42. The van der Waals surface area contributed by atoms with Gasteiger partial charge in [0.25, 0.3) is 0 Å². The van der Waals surface area contributed by atoms with Gasteiger partial charge in [-0.05, 0) is 49.2 Å². The first-order valence-electron chi connectivity index (χ1n) is 12.8. The molecule has 3 nitrogen and oxygen atoms in total. The summed E-state index contributed by atoms with van der Waals surface area (Å²) in [5, 5.41) is 10.0. The van der Waals surface area contributed by atoms with Crippen LogP contribution in [0.25, 0.3) is 77.3 Å². The predicted molar refractivity (Wildman–Crippen MR) is 157 cm³/mol. The SMILES string of the molecule is c1ccc(-c2nc(-c3ccccc3)nc(-c3ccc4c5cccc6cccc(c7cccc3c74)c65)n2)cc1. The molecule has 8 aromatic rings. The van der Waals surface area contributed by atoms with Gasteiger partial charge in [0.15, 0.2) is 17.5 Å². The fourth-order valence-corrected chi connectivity index (χ4v) is 5.77. The lowest BCUT2D eigenvalue weighted by molar-refractivity contribution is 1.08. The molecule has 0 saturated heterocycles. The Morgan fingerprint density at radius 1 is 0.316 bits per heavy atom. The summed E-state index contributed by atoms with van der Waals surface area (Å²) in [7, 11) is 0. The van der Waals surface area contributed by atoms with Gasteiger partial charge in [0, 0.05) is 16.7 Å². The maximum Gasteiger partial charge on any atom is 0.164 e. The second-order valence-corrected chi connectivity index (χ2v) is 9.64. The van der Waals surface area contributed by atoms with Crippen LogP contribution in [0.2, 0.25) is 0 Å². The third kappa shape index (κ3) is 3.12. The Balaban J connectivity index is 1.46. The number of nitrogens with zero attached hydrogens (tertiary/aromatic N) is 3. The van der Waals surface area contributed by atoms with Gasteiger partial charge in [-0.1, -0.05) is 121 Å². The van der Waals surface area contributed by atoms with Crippen molar-refractivity contribution >= 4 is 43.1 Å². The fraction of sp³-hybridized carbons (Fsp3) is 0. The van der Waals surface area contributed by atoms with Crippen LogP contribution in [0.3, 0.4) is 0 Å². The largest absolute Gasteiger partial charge is 0.208 e. The smallest absolute Gasteiger partial charge is 0.164 e. The van der Waals surface area contributed by atoms with Crippen LogP contribution in [0.1, 0.15) is 0 Å².